The fourth-order valence-corrected chi connectivity index (χ4v) is 2.43. The molecule has 0 radical (unpaired) electrons. The molecule has 0 aliphatic heterocycles. The molecule has 0 amide bonds. The molecule has 1 atom stereocenters. The molecular weight excluding hydrogens is 264 g/mol. The minimum atomic E-state index is -3.15. The van der Waals surface area contributed by atoms with Crippen molar-refractivity contribution in [2.75, 3.05) is 11.6 Å². The topological polar surface area (TPSA) is 76.9 Å². The molecule has 19 heavy (non-hydrogen) atoms. The van der Waals surface area contributed by atoms with Gasteiger partial charge in [0.05, 0.1) is 10.9 Å². The molecule has 7 heteroatoms. The van der Waals surface area contributed by atoms with Gasteiger partial charge in [-0.15, -0.1) is 10.2 Å². The Balaban J connectivity index is 2.14. The average molecular weight is 280 g/mol. The van der Waals surface area contributed by atoms with E-state index in [0.29, 0.717) is 4.90 Å². The van der Waals surface area contributed by atoms with Crippen LogP contribution in [0.4, 0.5) is 5.69 Å². The predicted molar refractivity (Wildman–Crippen MR) is 72.6 cm³/mol. The minimum absolute atomic E-state index is 0.0171. The van der Waals surface area contributed by atoms with Gasteiger partial charge in [0.1, 0.15) is 6.33 Å². The summed E-state index contributed by atoms with van der Waals surface area (Å²) in [6, 6.07) is 6.63. The Labute approximate surface area is 112 Å². The van der Waals surface area contributed by atoms with Gasteiger partial charge in [0.15, 0.2) is 15.7 Å². The summed E-state index contributed by atoms with van der Waals surface area (Å²) in [5.74, 6) is 0.812. The number of hydrogen-bond donors (Lipinski definition) is 1. The number of nitrogens with zero attached hydrogens (tertiary/aromatic N) is 3. The van der Waals surface area contributed by atoms with Gasteiger partial charge in [-0.2, -0.15) is 0 Å². The molecule has 0 fully saturated rings. The van der Waals surface area contributed by atoms with Crippen LogP contribution in [0.2, 0.25) is 0 Å². The summed E-state index contributed by atoms with van der Waals surface area (Å²) in [4.78, 5) is 0.310. The second-order valence-corrected chi connectivity index (χ2v) is 6.48. The van der Waals surface area contributed by atoms with Crippen LogP contribution in [-0.4, -0.2) is 29.4 Å². The lowest BCUT2D eigenvalue weighted by atomic mass is 10.2. The second-order valence-electron chi connectivity index (χ2n) is 4.46. The lowest BCUT2D eigenvalue weighted by molar-refractivity contribution is 0.602. The number of aryl methyl sites for hydroxylation is 1. The maximum atomic E-state index is 11.4. The van der Waals surface area contributed by atoms with Crippen molar-refractivity contribution in [3.05, 3.63) is 36.4 Å². The Bertz CT molecular complexity index is 661. The van der Waals surface area contributed by atoms with E-state index in [9.17, 15) is 8.42 Å². The number of anilines is 1. The molecule has 6 nitrogen and oxygen atoms in total. The normalized spacial score (nSPS) is 13.2. The van der Waals surface area contributed by atoms with Crippen molar-refractivity contribution >= 4 is 15.5 Å². The first-order valence-corrected chi connectivity index (χ1v) is 7.67. The molecule has 2 rings (SSSR count). The molecule has 1 aromatic heterocycles. The van der Waals surface area contributed by atoms with Gasteiger partial charge in [-0.25, -0.2) is 8.42 Å². The van der Waals surface area contributed by atoms with Crippen molar-refractivity contribution in [3.63, 3.8) is 0 Å². The van der Waals surface area contributed by atoms with Gasteiger partial charge in [0.25, 0.3) is 0 Å². The van der Waals surface area contributed by atoms with Crippen LogP contribution in [0.15, 0.2) is 35.5 Å². The second kappa shape index (κ2) is 5.00. The number of sulfone groups is 1. The molecule has 102 valence electrons. The van der Waals surface area contributed by atoms with Crippen LogP contribution in [0.3, 0.4) is 0 Å². The first kappa shape index (κ1) is 13.5. The summed E-state index contributed by atoms with van der Waals surface area (Å²) >= 11 is 0. The van der Waals surface area contributed by atoms with Crippen molar-refractivity contribution in [2.45, 2.75) is 17.9 Å². The van der Waals surface area contributed by atoms with Gasteiger partial charge >= 0.3 is 0 Å². The SMILES string of the molecule is CC(Nc1ccc(S(C)(=O)=O)cc1)c1nncn1C. The maximum absolute atomic E-state index is 11.4. The van der Waals surface area contributed by atoms with E-state index in [1.807, 2.05) is 18.5 Å². The summed E-state index contributed by atoms with van der Waals surface area (Å²) in [6.07, 6.45) is 2.83. The molecule has 0 saturated carbocycles. The Kier molecular flexibility index (Phi) is 3.57. The molecule has 1 unspecified atom stereocenters. The first-order valence-electron chi connectivity index (χ1n) is 5.78. The van der Waals surface area contributed by atoms with E-state index in [-0.39, 0.29) is 6.04 Å². The van der Waals surface area contributed by atoms with Crippen LogP contribution < -0.4 is 5.32 Å². The van der Waals surface area contributed by atoms with Crippen molar-refractivity contribution < 1.29 is 8.42 Å². The summed E-state index contributed by atoms with van der Waals surface area (Å²) < 4.78 is 24.5. The van der Waals surface area contributed by atoms with Gasteiger partial charge in [0.2, 0.25) is 0 Å². The zero-order valence-corrected chi connectivity index (χ0v) is 11.8. The van der Waals surface area contributed by atoms with E-state index in [4.69, 9.17) is 0 Å². The molecule has 1 heterocycles. The molecular formula is C12H16N4O2S. The van der Waals surface area contributed by atoms with Gasteiger partial charge in [-0.1, -0.05) is 0 Å². The maximum Gasteiger partial charge on any atom is 0.175 e. The van der Waals surface area contributed by atoms with Crippen LogP contribution in [-0.2, 0) is 16.9 Å². The number of aromatic nitrogens is 3. The quantitative estimate of drug-likeness (QED) is 0.916. The van der Waals surface area contributed by atoms with Gasteiger partial charge in [0, 0.05) is 19.0 Å². The highest BCUT2D eigenvalue weighted by Crippen LogP contribution is 2.19. The molecule has 0 aliphatic carbocycles. The standard InChI is InChI=1S/C12H16N4O2S/c1-9(12-15-13-8-16(12)2)14-10-4-6-11(7-5-10)19(3,17)18/h4-9,14H,1-3H3. The van der Waals surface area contributed by atoms with Gasteiger partial charge in [-0.3, -0.25) is 0 Å². The Morgan fingerprint density at radius 2 is 1.89 bits per heavy atom. The van der Waals surface area contributed by atoms with E-state index in [2.05, 4.69) is 15.5 Å². The van der Waals surface area contributed by atoms with E-state index in [0.717, 1.165) is 11.5 Å². The number of rotatable bonds is 4. The Morgan fingerprint density at radius 1 is 1.26 bits per heavy atom. The fraction of sp³-hybridized carbons (Fsp3) is 0.333. The monoisotopic (exact) mass is 280 g/mol. The van der Waals surface area contributed by atoms with Crippen molar-refractivity contribution in [3.8, 4) is 0 Å². The van der Waals surface area contributed by atoms with Crippen LogP contribution in [0, 0.1) is 0 Å². The summed E-state index contributed by atoms with van der Waals surface area (Å²) in [7, 11) is -1.28. The number of hydrogen-bond acceptors (Lipinski definition) is 5. The van der Waals surface area contributed by atoms with Crippen molar-refractivity contribution in [1.29, 1.82) is 0 Å². The molecule has 0 spiro atoms. The Hall–Kier alpha value is -1.89. The summed E-state index contributed by atoms with van der Waals surface area (Å²) in [5, 5.41) is 11.1. The van der Waals surface area contributed by atoms with E-state index in [1.54, 1.807) is 30.6 Å². The number of benzene rings is 1. The van der Waals surface area contributed by atoms with E-state index >= 15 is 0 Å². The summed E-state index contributed by atoms with van der Waals surface area (Å²) in [6.45, 7) is 1.97. The van der Waals surface area contributed by atoms with Crippen LogP contribution in [0.1, 0.15) is 18.8 Å². The molecule has 0 saturated heterocycles. The minimum Gasteiger partial charge on any atom is -0.375 e. The van der Waals surface area contributed by atoms with Crippen molar-refractivity contribution in [2.24, 2.45) is 7.05 Å². The zero-order valence-electron chi connectivity index (χ0n) is 11.0. The molecule has 0 aliphatic rings. The highest BCUT2D eigenvalue weighted by Gasteiger charge is 2.11. The fourth-order valence-electron chi connectivity index (χ4n) is 1.80. The van der Waals surface area contributed by atoms with Crippen LogP contribution in [0.5, 0.6) is 0 Å². The first-order chi connectivity index (χ1) is 8.88. The smallest absolute Gasteiger partial charge is 0.175 e. The molecule has 0 bridgehead atoms. The number of nitrogens with one attached hydrogen (secondary N) is 1. The average Bonchev–Trinajstić information content (AvgIpc) is 2.75. The predicted octanol–water partition coefficient (Wildman–Crippen LogP) is 1.39. The lowest BCUT2D eigenvalue weighted by Gasteiger charge is -2.14. The largest absolute Gasteiger partial charge is 0.375 e. The third-order valence-corrected chi connectivity index (χ3v) is 3.93. The third kappa shape index (κ3) is 3.11. The molecule has 1 aromatic carbocycles. The van der Waals surface area contributed by atoms with Crippen LogP contribution in [0.25, 0.3) is 0 Å². The van der Waals surface area contributed by atoms with E-state index in [1.165, 1.54) is 6.26 Å². The molecule has 1 N–H and O–H groups in total. The molecule has 2 aromatic rings. The highest BCUT2D eigenvalue weighted by molar-refractivity contribution is 7.90. The van der Waals surface area contributed by atoms with Gasteiger partial charge < -0.3 is 9.88 Å². The summed E-state index contributed by atoms with van der Waals surface area (Å²) in [5.41, 5.74) is 0.836. The third-order valence-electron chi connectivity index (χ3n) is 2.80. The zero-order chi connectivity index (χ0) is 14.0. The van der Waals surface area contributed by atoms with Crippen molar-refractivity contribution in [1.82, 2.24) is 14.8 Å². The Morgan fingerprint density at radius 3 is 2.37 bits per heavy atom. The van der Waals surface area contributed by atoms with E-state index < -0.39 is 9.84 Å². The lowest BCUT2D eigenvalue weighted by Crippen LogP contribution is -2.12. The van der Waals surface area contributed by atoms with Crippen LogP contribution >= 0.6 is 0 Å². The highest BCUT2D eigenvalue weighted by atomic mass is 32.2. The van der Waals surface area contributed by atoms with Gasteiger partial charge in [-0.05, 0) is 31.2 Å².